The lowest BCUT2D eigenvalue weighted by atomic mass is 9.79. The summed E-state index contributed by atoms with van der Waals surface area (Å²) in [6.45, 7) is 2.18. The van der Waals surface area contributed by atoms with Gasteiger partial charge in [-0.1, -0.05) is 15.9 Å². The van der Waals surface area contributed by atoms with Crippen LogP contribution < -0.4 is 0 Å². The average Bonchev–Trinajstić information content (AvgIpc) is 2.58. The summed E-state index contributed by atoms with van der Waals surface area (Å²) in [7, 11) is 0. The van der Waals surface area contributed by atoms with Gasteiger partial charge in [0.25, 0.3) is 0 Å². The molecule has 2 aromatic carbocycles. The van der Waals surface area contributed by atoms with E-state index in [0.717, 1.165) is 35.7 Å². The molecule has 0 bridgehead atoms. The third kappa shape index (κ3) is 2.64. The summed E-state index contributed by atoms with van der Waals surface area (Å²) < 4.78 is 2.00. The summed E-state index contributed by atoms with van der Waals surface area (Å²) in [5.41, 5.74) is 9.34. The zero-order valence-corrected chi connectivity index (χ0v) is 17.2. The van der Waals surface area contributed by atoms with Crippen molar-refractivity contribution in [2.45, 2.75) is 58.3 Å². The highest BCUT2D eigenvalue weighted by molar-refractivity contribution is 9.10. The second-order valence-corrected chi connectivity index (χ2v) is 8.84. The molecule has 0 saturated heterocycles. The molecule has 0 radical (unpaired) electrons. The molecule has 0 heterocycles. The monoisotopic (exact) mass is 448 g/mol. The van der Waals surface area contributed by atoms with Gasteiger partial charge in [-0.3, -0.25) is 0 Å². The molecule has 0 aliphatic heterocycles. The molecule has 2 aromatic rings. The third-order valence-corrected chi connectivity index (χ3v) is 7.10. The minimum atomic E-state index is 0.421. The molecule has 0 atom stereocenters. The number of aromatic hydroxyl groups is 1. The Morgan fingerprint density at radius 1 is 0.750 bits per heavy atom. The standard InChI is InChI=1S/C21H22Br2O/c1-12-17(22)10-13-6-2-4-8-15(13)19(12)20-16-9-5-3-7-14(16)11-18(23)21(20)24/h10-11,24H,2-9H2,1H3. The molecule has 24 heavy (non-hydrogen) atoms. The van der Waals surface area contributed by atoms with E-state index in [1.807, 2.05) is 0 Å². The van der Waals surface area contributed by atoms with Gasteiger partial charge in [0.1, 0.15) is 5.75 Å². The Balaban J connectivity index is 2.07. The lowest BCUT2D eigenvalue weighted by Crippen LogP contribution is -2.10. The quantitative estimate of drug-likeness (QED) is 0.516. The fourth-order valence-electron chi connectivity index (χ4n) is 4.45. The van der Waals surface area contributed by atoms with E-state index < -0.39 is 0 Å². The van der Waals surface area contributed by atoms with Gasteiger partial charge in [0, 0.05) is 10.0 Å². The Bertz CT molecular complexity index is 754. The van der Waals surface area contributed by atoms with Crippen molar-refractivity contribution >= 4 is 31.9 Å². The number of benzene rings is 2. The molecule has 0 amide bonds. The summed E-state index contributed by atoms with van der Waals surface area (Å²) in [4.78, 5) is 0. The number of phenolic OH excluding ortho intramolecular Hbond substituents is 1. The molecule has 0 fully saturated rings. The molecular weight excluding hydrogens is 428 g/mol. The van der Waals surface area contributed by atoms with Crippen molar-refractivity contribution in [3.63, 3.8) is 0 Å². The van der Waals surface area contributed by atoms with Gasteiger partial charge in [0.2, 0.25) is 0 Å². The van der Waals surface area contributed by atoms with Crippen molar-refractivity contribution in [2.75, 3.05) is 0 Å². The first kappa shape index (κ1) is 16.7. The van der Waals surface area contributed by atoms with Gasteiger partial charge < -0.3 is 5.11 Å². The molecule has 126 valence electrons. The van der Waals surface area contributed by atoms with Crippen LogP contribution in [-0.4, -0.2) is 5.11 Å². The number of aryl methyl sites for hydroxylation is 2. The number of hydrogen-bond donors (Lipinski definition) is 1. The smallest absolute Gasteiger partial charge is 0.137 e. The topological polar surface area (TPSA) is 20.2 Å². The van der Waals surface area contributed by atoms with Gasteiger partial charge in [-0.15, -0.1) is 0 Å². The highest BCUT2D eigenvalue weighted by atomic mass is 79.9. The van der Waals surface area contributed by atoms with Crippen LogP contribution in [0.1, 0.15) is 53.5 Å². The second-order valence-electron chi connectivity index (χ2n) is 7.13. The van der Waals surface area contributed by atoms with E-state index in [2.05, 4.69) is 50.9 Å². The Morgan fingerprint density at radius 2 is 1.25 bits per heavy atom. The molecular formula is C21H22Br2O. The van der Waals surface area contributed by atoms with Gasteiger partial charge in [-0.25, -0.2) is 0 Å². The van der Waals surface area contributed by atoms with Crippen LogP contribution in [0, 0.1) is 6.92 Å². The van der Waals surface area contributed by atoms with Crippen LogP contribution in [0.15, 0.2) is 21.1 Å². The third-order valence-electron chi connectivity index (χ3n) is 5.67. The van der Waals surface area contributed by atoms with Gasteiger partial charge >= 0.3 is 0 Å². The van der Waals surface area contributed by atoms with E-state index in [1.165, 1.54) is 63.5 Å². The highest BCUT2D eigenvalue weighted by Gasteiger charge is 2.26. The highest BCUT2D eigenvalue weighted by Crippen LogP contribution is 2.47. The van der Waals surface area contributed by atoms with E-state index in [1.54, 1.807) is 0 Å². The van der Waals surface area contributed by atoms with Gasteiger partial charge in [-0.2, -0.15) is 0 Å². The number of rotatable bonds is 1. The molecule has 4 rings (SSSR count). The van der Waals surface area contributed by atoms with Crippen LogP contribution in [-0.2, 0) is 25.7 Å². The van der Waals surface area contributed by atoms with Crippen molar-refractivity contribution in [3.05, 3.63) is 48.9 Å². The number of halogens is 2. The van der Waals surface area contributed by atoms with E-state index >= 15 is 0 Å². The summed E-state index contributed by atoms with van der Waals surface area (Å²) in [5.74, 6) is 0.421. The van der Waals surface area contributed by atoms with Crippen LogP contribution in [0.4, 0.5) is 0 Å². The maximum Gasteiger partial charge on any atom is 0.137 e. The summed E-state index contributed by atoms with van der Waals surface area (Å²) >= 11 is 7.37. The van der Waals surface area contributed by atoms with Crippen LogP contribution in [0.2, 0.25) is 0 Å². The number of fused-ring (bicyclic) bond motifs is 2. The maximum atomic E-state index is 11.0. The first-order chi connectivity index (χ1) is 11.6. The Kier molecular flexibility index (Phi) is 4.51. The first-order valence-corrected chi connectivity index (χ1v) is 10.5. The summed E-state index contributed by atoms with van der Waals surface area (Å²) in [6, 6.07) is 4.43. The molecule has 3 heteroatoms. The zero-order valence-electron chi connectivity index (χ0n) is 14.0. The van der Waals surface area contributed by atoms with Gasteiger partial charge in [-0.05, 0) is 120 Å². The van der Waals surface area contributed by atoms with Crippen LogP contribution in [0.25, 0.3) is 11.1 Å². The van der Waals surface area contributed by atoms with Gasteiger partial charge in [0.15, 0.2) is 0 Å². The van der Waals surface area contributed by atoms with E-state index in [4.69, 9.17) is 0 Å². The molecule has 1 N–H and O–H groups in total. The predicted molar refractivity (Wildman–Crippen MR) is 107 cm³/mol. The van der Waals surface area contributed by atoms with Crippen molar-refractivity contribution in [3.8, 4) is 16.9 Å². The average molecular weight is 450 g/mol. The Hall–Kier alpha value is -0.800. The zero-order chi connectivity index (χ0) is 16.8. The van der Waals surface area contributed by atoms with Crippen molar-refractivity contribution < 1.29 is 5.11 Å². The second kappa shape index (κ2) is 6.49. The van der Waals surface area contributed by atoms with Gasteiger partial charge in [0.05, 0.1) is 4.47 Å². The van der Waals surface area contributed by atoms with Crippen molar-refractivity contribution in [1.82, 2.24) is 0 Å². The molecule has 2 aliphatic rings. The van der Waals surface area contributed by atoms with Crippen LogP contribution in [0.5, 0.6) is 5.75 Å². The predicted octanol–water partition coefficient (Wildman–Crippen LogP) is 6.65. The molecule has 0 aromatic heterocycles. The molecule has 0 saturated carbocycles. The first-order valence-electron chi connectivity index (χ1n) is 8.92. The Morgan fingerprint density at radius 3 is 1.88 bits per heavy atom. The van der Waals surface area contributed by atoms with Crippen LogP contribution >= 0.6 is 31.9 Å². The summed E-state index contributed by atoms with van der Waals surface area (Å²) in [6.07, 6.45) is 9.46. The van der Waals surface area contributed by atoms with E-state index in [0.29, 0.717) is 5.75 Å². The van der Waals surface area contributed by atoms with Crippen molar-refractivity contribution in [2.24, 2.45) is 0 Å². The van der Waals surface area contributed by atoms with E-state index in [9.17, 15) is 5.11 Å². The maximum absolute atomic E-state index is 11.0. The largest absolute Gasteiger partial charge is 0.506 e. The fraction of sp³-hybridized carbons (Fsp3) is 0.429. The summed E-state index contributed by atoms with van der Waals surface area (Å²) in [5, 5.41) is 11.0. The fourth-order valence-corrected chi connectivity index (χ4v) is 5.39. The minimum absolute atomic E-state index is 0.421. The molecule has 1 nitrogen and oxygen atoms in total. The Labute approximate surface area is 160 Å². The number of hydrogen-bond acceptors (Lipinski definition) is 1. The van der Waals surface area contributed by atoms with Crippen molar-refractivity contribution in [1.29, 1.82) is 0 Å². The molecule has 0 unspecified atom stereocenters. The van der Waals surface area contributed by atoms with Crippen LogP contribution in [0.3, 0.4) is 0 Å². The lowest BCUT2D eigenvalue weighted by Gasteiger charge is -2.27. The number of phenols is 1. The van der Waals surface area contributed by atoms with E-state index in [-0.39, 0.29) is 0 Å². The normalized spacial score (nSPS) is 16.6. The minimum Gasteiger partial charge on any atom is -0.506 e. The molecule has 2 aliphatic carbocycles. The lowest BCUT2D eigenvalue weighted by molar-refractivity contribution is 0.472. The SMILES string of the molecule is Cc1c(Br)cc2c(c1-c1c(O)c(Br)cc3c1CCCC3)CCCC2. The molecule has 0 spiro atoms.